The van der Waals surface area contributed by atoms with Gasteiger partial charge in [-0.1, -0.05) is 36.4 Å². The smallest absolute Gasteiger partial charge is 0.190 e. The molecule has 156 valence electrons. The van der Waals surface area contributed by atoms with Gasteiger partial charge in [0.15, 0.2) is 17.9 Å². The quantitative estimate of drug-likeness (QED) is 0.779. The van der Waals surface area contributed by atoms with Crippen molar-refractivity contribution in [2.45, 2.75) is 76.6 Å². The fourth-order valence-electron chi connectivity index (χ4n) is 4.39. The first-order chi connectivity index (χ1) is 13.8. The second kappa shape index (κ2) is 7.01. The van der Waals surface area contributed by atoms with E-state index in [0.29, 0.717) is 13.2 Å². The van der Waals surface area contributed by atoms with Crippen LogP contribution < -0.4 is 0 Å². The zero-order valence-electron chi connectivity index (χ0n) is 17.3. The lowest BCUT2D eigenvalue weighted by atomic mass is 10.1. The zero-order valence-corrected chi connectivity index (χ0v) is 17.3. The van der Waals surface area contributed by atoms with Gasteiger partial charge in [-0.25, -0.2) is 0 Å². The van der Waals surface area contributed by atoms with E-state index in [1.165, 1.54) is 10.8 Å². The van der Waals surface area contributed by atoms with E-state index in [9.17, 15) is 0 Å². The predicted molar refractivity (Wildman–Crippen MR) is 106 cm³/mol. The van der Waals surface area contributed by atoms with Crippen LogP contribution in [-0.2, 0) is 35.0 Å². The molecule has 0 bridgehead atoms. The summed E-state index contributed by atoms with van der Waals surface area (Å²) in [6, 6.07) is 14.7. The molecule has 0 radical (unpaired) electrons. The minimum Gasteiger partial charge on any atom is -0.368 e. The zero-order chi connectivity index (χ0) is 20.2. The Morgan fingerprint density at radius 1 is 0.897 bits per heavy atom. The minimum absolute atomic E-state index is 0.229. The van der Waals surface area contributed by atoms with Crippen LogP contribution in [0.3, 0.4) is 0 Å². The third-order valence-electron chi connectivity index (χ3n) is 5.68. The fraction of sp³-hybridized carbons (Fsp3) is 0.565. The summed E-state index contributed by atoms with van der Waals surface area (Å²) < 4.78 is 36.4. The highest BCUT2D eigenvalue weighted by molar-refractivity contribution is 5.82. The molecule has 5 atom stereocenters. The van der Waals surface area contributed by atoms with Gasteiger partial charge in [-0.2, -0.15) is 0 Å². The molecule has 3 fully saturated rings. The van der Waals surface area contributed by atoms with Gasteiger partial charge in [-0.3, -0.25) is 0 Å². The molecule has 3 saturated heterocycles. The second-order valence-corrected chi connectivity index (χ2v) is 8.89. The summed E-state index contributed by atoms with van der Waals surface area (Å²) in [7, 11) is 0. The summed E-state index contributed by atoms with van der Waals surface area (Å²) in [6.45, 7) is 8.51. The highest BCUT2D eigenvalue weighted by Crippen LogP contribution is 2.42. The van der Waals surface area contributed by atoms with Gasteiger partial charge in [0.25, 0.3) is 0 Å². The highest BCUT2D eigenvalue weighted by Gasteiger charge is 2.58. The molecule has 3 aliphatic rings. The summed E-state index contributed by atoms with van der Waals surface area (Å²) in [5.41, 5.74) is 1.10. The Morgan fingerprint density at radius 2 is 1.69 bits per heavy atom. The van der Waals surface area contributed by atoms with Crippen LogP contribution in [-0.4, -0.2) is 48.9 Å². The standard InChI is InChI=1S/C23H28O6/c1-22(2)25-13-17(27-22)18-19(20-21(26-18)29-23(3,4)28-20)24-12-14-9-10-15-7-5-6-8-16(15)11-14/h5-11,17-21H,12-13H2,1-4H3/t17?,18-,19-,20?,21-/m1/s1. The van der Waals surface area contributed by atoms with Gasteiger partial charge in [0.2, 0.25) is 0 Å². The fourth-order valence-corrected chi connectivity index (χ4v) is 4.39. The van der Waals surface area contributed by atoms with Crippen LogP contribution in [0, 0.1) is 0 Å². The van der Waals surface area contributed by atoms with Crippen molar-refractivity contribution < 1.29 is 28.4 Å². The van der Waals surface area contributed by atoms with Crippen LogP contribution in [0.25, 0.3) is 10.8 Å². The Kier molecular flexibility index (Phi) is 4.70. The van der Waals surface area contributed by atoms with Crippen molar-refractivity contribution in [2.75, 3.05) is 6.61 Å². The first kappa shape index (κ1) is 19.4. The molecule has 0 saturated carbocycles. The number of hydrogen-bond acceptors (Lipinski definition) is 6. The maximum atomic E-state index is 6.37. The summed E-state index contributed by atoms with van der Waals surface area (Å²) in [5, 5.41) is 2.41. The molecular formula is C23H28O6. The Hall–Kier alpha value is -1.54. The van der Waals surface area contributed by atoms with Gasteiger partial charge in [-0.05, 0) is 50.1 Å². The topological polar surface area (TPSA) is 55.4 Å². The van der Waals surface area contributed by atoms with E-state index < -0.39 is 17.9 Å². The number of rotatable bonds is 4. The van der Waals surface area contributed by atoms with Crippen LogP contribution in [0.15, 0.2) is 42.5 Å². The molecule has 0 aromatic heterocycles. The Morgan fingerprint density at radius 3 is 2.45 bits per heavy atom. The van der Waals surface area contributed by atoms with Gasteiger partial charge in [-0.15, -0.1) is 0 Å². The van der Waals surface area contributed by atoms with Crippen LogP contribution >= 0.6 is 0 Å². The van der Waals surface area contributed by atoms with Crippen molar-refractivity contribution in [1.82, 2.24) is 0 Å². The largest absolute Gasteiger partial charge is 0.368 e. The third kappa shape index (κ3) is 3.81. The van der Waals surface area contributed by atoms with E-state index in [-0.39, 0.29) is 24.4 Å². The SMILES string of the molecule is CC1(C)OCC([C@H]2O[C@@H]3OC(C)(C)OC3[C@@H]2OCc2ccc3ccccc3c2)O1. The van der Waals surface area contributed by atoms with Gasteiger partial charge < -0.3 is 28.4 Å². The van der Waals surface area contributed by atoms with Crippen LogP contribution in [0.4, 0.5) is 0 Å². The summed E-state index contributed by atoms with van der Waals surface area (Å²) >= 11 is 0. The summed E-state index contributed by atoms with van der Waals surface area (Å²) in [6.07, 6.45) is -1.63. The number of benzene rings is 2. The van der Waals surface area contributed by atoms with Gasteiger partial charge in [0.05, 0.1) is 13.2 Å². The molecule has 0 N–H and O–H groups in total. The number of ether oxygens (including phenoxy) is 6. The predicted octanol–water partition coefficient (Wildman–Crippen LogP) is 3.75. The first-order valence-electron chi connectivity index (χ1n) is 10.2. The van der Waals surface area contributed by atoms with E-state index >= 15 is 0 Å². The van der Waals surface area contributed by atoms with Crippen molar-refractivity contribution in [3.05, 3.63) is 48.0 Å². The lowest BCUT2D eigenvalue weighted by Gasteiger charge is -2.29. The Labute approximate surface area is 171 Å². The second-order valence-electron chi connectivity index (χ2n) is 8.89. The summed E-state index contributed by atoms with van der Waals surface area (Å²) in [5.74, 6) is -1.33. The Balaban J connectivity index is 1.35. The average Bonchev–Trinajstić information content (AvgIpc) is 3.28. The van der Waals surface area contributed by atoms with E-state index in [1.54, 1.807) is 0 Å². The maximum Gasteiger partial charge on any atom is 0.190 e. The minimum atomic E-state index is -0.697. The molecule has 29 heavy (non-hydrogen) atoms. The van der Waals surface area contributed by atoms with Crippen molar-refractivity contribution in [3.8, 4) is 0 Å². The van der Waals surface area contributed by atoms with Crippen LogP contribution in [0.5, 0.6) is 0 Å². The average molecular weight is 400 g/mol. The monoisotopic (exact) mass is 400 g/mol. The molecule has 0 aliphatic carbocycles. The van der Waals surface area contributed by atoms with E-state index in [1.807, 2.05) is 39.8 Å². The molecule has 5 rings (SSSR count). The third-order valence-corrected chi connectivity index (χ3v) is 5.68. The molecule has 2 aromatic carbocycles. The Bertz CT molecular complexity index is 894. The lowest BCUT2D eigenvalue weighted by Crippen LogP contribution is -2.44. The molecule has 0 spiro atoms. The molecular weight excluding hydrogens is 372 g/mol. The molecule has 3 aliphatic heterocycles. The van der Waals surface area contributed by atoms with E-state index in [2.05, 4.69) is 30.3 Å². The molecule has 2 unspecified atom stereocenters. The molecule has 6 heteroatoms. The van der Waals surface area contributed by atoms with Crippen molar-refractivity contribution in [3.63, 3.8) is 0 Å². The van der Waals surface area contributed by atoms with Crippen LogP contribution in [0.2, 0.25) is 0 Å². The molecule has 0 amide bonds. The van der Waals surface area contributed by atoms with Gasteiger partial charge in [0.1, 0.15) is 24.4 Å². The number of fused-ring (bicyclic) bond motifs is 2. The van der Waals surface area contributed by atoms with Crippen molar-refractivity contribution in [1.29, 1.82) is 0 Å². The van der Waals surface area contributed by atoms with Crippen LogP contribution in [0.1, 0.15) is 33.3 Å². The van der Waals surface area contributed by atoms with E-state index in [4.69, 9.17) is 28.4 Å². The van der Waals surface area contributed by atoms with Crippen molar-refractivity contribution in [2.24, 2.45) is 0 Å². The number of hydrogen-bond donors (Lipinski definition) is 0. The maximum absolute atomic E-state index is 6.37. The molecule has 6 nitrogen and oxygen atoms in total. The first-order valence-corrected chi connectivity index (χ1v) is 10.2. The summed E-state index contributed by atoms with van der Waals surface area (Å²) in [4.78, 5) is 0. The van der Waals surface area contributed by atoms with Gasteiger partial charge >= 0.3 is 0 Å². The highest BCUT2D eigenvalue weighted by atomic mass is 16.8. The molecule has 2 aromatic rings. The molecule has 3 heterocycles. The lowest BCUT2D eigenvalue weighted by molar-refractivity contribution is -0.236. The van der Waals surface area contributed by atoms with Crippen molar-refractivity contribution >= 4 is 10.8 Å². The van der Waals surface area contributed by atoms with Gasteiger partial charge in [0, 0.05) is 0 Å². The van der Waals surface area contributed by atoms with E-state index in [0.717, 1.165) is 5.56 Å². The normalized spacial score (nSPS) is 35.2.